The monoisotopic (exact) mass is 559 g/mol. The number of allylic oxidation sites excluding steroid dienone is 11. The molecule has 0 spiro atoms. The van der Waals surface area contributed by atoms with Gasteiger partial charge in [0, 0.05) is 0 Å². The minimum atomic E-state index is -3.70. The summed E-state index contributed by atoms with van der Waals surface area (Å²) in [6, 6.07) is 4.09. The van der Waals surface area contributed by atoms with E-state index in [1.165, 1.54) is 5.57 Å². The largest absolute Gasteiger partial charge is 0.386 e. The van der Waals surface area contributed by atoms with Crippen LogP contribution >= 0.6 is 0 Å². The number of pyridine rings is 1. The fraction of sp³-hybridized carbons (Fsp3) is 0.324. The van der Waals surface area contributed by atoms with Gasteiger partial charge < -0.3 is 5.11 Å². The zero-order chi connectivity index (χ0) is 29.3. The fourth-order valence-corrected chi connectivity index (χ4v) is 5.14. The lowest BCUT2D eigenvalue weighted by Crippen LogP contribution is -2.27. The first kappa shape index (κ1) is 31.2. The molecule has 2 aliphatic rings. The summed E-state index contributed by atoms with van der Waals surface area (Å²) in [5.74, 6) is 0. The minimum Gasteiger partial charge on any atom is -0.386 e. The van der Waals surface area contributed by atoms with Gasteiger partial charge in [-0.25, -0.2) is 4.98 Å². The van der Waals surface area contributed by atoms with Gasteiger partial charge in [-0.3, -0.25) is 4.18 Å². The van der Waals surface area contributed by atoms with E-state index in [0.717, 1.165) is 45.7 Å². The third-order valence-electron chi connectivity index (χ3n) is 6.70. The second-order valence-electron chi connectivity index (χ2n) is 10.9. The van der Waals surface area contributed by atoms with Crippen molar-refractivity contribution in [2.75, 3.05) is 6.26 Å². The lowest BCUT2D eigenvalue weighted by atomic mass is 9.88. The third kappa shape index (κ3) is 10.0. The first-order valence-corrected chi connectivity index (χ1v) is 15.4. The second-order valence-corrected chi connectivity index (χ2v) is 12.5. The van der Waals surface area contributed by atoms with E-state index in [2.05, 4.69) is 37.8 Å². The molecular formula is C34H41NO4S. The molecule has 2 aliphatic carbocycles. The van der Waals surface area contributed by atoms with Gasteiger partial charge in [0.1, 0.15) is 6.10 Å². The van der Waals surface area contributed by atoms with Crippen LogP contribution in [-0.2, 0) is 14.3 Å². The Hall–Kier alpha value is -3.32. The van der Waals surface area contributed by atoms with Crippen molar-refractivity contribution >= 4 is 28.3 Å². The fourth-order valence-electron chi connectivity index (χ4n) is 4.50. The highest BCUT2D eigenvalue weighted by Crippen LogP contribution is 2.30. The van der Waals surface area contributed by atoms with E-state index < -0.39 is 21.8 Å². The van der Waals surface area contributed by atoms with Crippen LogP contribution in [0.1, 0.15) is 59.1 Å². The zero-order valence-electron chi connectivity index (χ0n) is 24.2. The van der Waals surface area contributed by atoms with Crippen molar-refractivity contribution in [2.24, 2.45) is 0 Å². The summed E-state index contributed by atoms with van der Waals surface area (Å²) in [5, 5.41) is 12.8. The summed E-state index contributed by atoms with van der Waals surface area (Å²) in [4.78, 5) is 4.76. The predicted octanol–water partition coefficient (Wildman–Crippen LogP) is 5.77. The first-order chi connectivity index (χ1) is 18.8. The molecule has 0 saturated heterocycles. The van der Waals surface area contributed by atoms with Crippen LogP contribution in [0.4, 0.5) is 0 Å². The summed E-state index contributed by atoms with van der Waals surface area (Å²) < 4.78 is 29.4. The minimum absolute atomic E-state index is 0.408. The Kier molecular flexibility index (Phi) is 10.8. The standard InChI is InChI=1S/C34H41NO4S/c1-25(16-21-30-22-19-29-18-15-26(2)17-23-32(29)35-30)11-10-12-27(3)33(39-40(6,37)38)24-20-28-13-8-7-9-14-31(28)34(4,5)36/h7-13,15-16,18-19,21-23,33,36H,3,14,17,20,24H2,1-2,4-6H3/b12-10-,21-16+,25-11+. The molecule has 0 fully saturated rings. The molecule has 0 aromatic carbocycles. The molecule has 6 heteroatoms. The van der Waals surface area contributed by atoms with Crippen LogP contribution in [0, 0.1) is 0 Å². The SMILES string of the molecule is C=C(\C=C/C=C(C)/C=C/c1ccc2c(n1)=CCC(C)=CC=2)C(CCC1=C(C(C)(C)O)CC=CC=C1)OS(C)(=O)=O. The van der Waals surface area contributed by atoms with Crippen LogP contribution < -0.4 is 10.6 Å². The van der Waals surface area contributed by atoms with Crippen LogP contribution in [0.3, 0.4) is 0 Å². The number of hydrogen-bond acceptors (Lipinski definition) is 5. The van der Waals surface area contributed by atoms with E-state index in [9.17, 15) is 13.5 Å². The van der Waals surface area contributed by atoms with E-state index in [-0.39, 0.29) is 0 Å². The molecule has 1 N–H and O–H groups in total. The molecule has 0 aliphatic heterocycles. The quantitative estimate of drug-likeness (QED) is 0.275. The number of nitrogens with zero attached hydrogens (tertiary/aromatic N) is 1. The maximum absolute atomic E-state index is 12.0. The normalized spacial score (nSPS) is 17.2. The van der Waals surface area contributed by atoms with Crippen LogP contribution in [0.5, 0.6) is 0 Å². The van der Waals surface area contributed by atoms with E-state index in [0.29, 0.717) is 24.8 Å². The van der Waals surface area contributed by atoms with Crippen molar-refractivity contribution in [3.05, 3.63) is 118 Å². The van der Waals surface area contributed by atoms with Crippen LogP contribution in [0.15, 0.2) is 101 Å². The van der Waals surface area contributed by atoms with Crippen molar-refractivity contribution < 1.29 is 17.7 Å². The Bertz CT molecular complexity index is 1560. The molecule has 1 atom stereocenters. The summed E-state index contributed by atoms with van der Waals surface area (Å²) >= 11 is 0. The van der Waals surface area contributed by atoms with E-state index in [4.69, 9.17) is 9.17 Å². The van der Waals surface area contributed by atoms with Gasteiger partial charge >= 0.3 is 0 Å². The molecule has 5 nitrogen and oxygen atoms in total. The van der Waals surface area contributed by atoms with Gasteiger partial charge in [-0.2, -0.15) is 8.42 Å². The van der Waals surface area contributed by atoms with E-state index in [1.807, 2.05) is 61.6 Å². The van der Waals surface area contributed by atoms with Gasteiger partial charge in [0.15, 0.2) is 0 Å². The average molecular weight is 560 g/mol. The summed E-state index contributed by atoms with van der Waals surface area (Å²) in [6.07, 6.45) is 26.6. The summed E-state index contributed by atoms with van der Waals surface area (Å²) in [7, 11) is -3.70. The smallest absolute Gasteiger partial charge is 0.264 e. The highest BCUT2D eigenvalue weighted by molar-refractivity contribution is 7.86. The lowest BCUT2D eigenvalue weighted by molar-refractivity contribution is 0.116. The Balaban J connectivity index is 1.71. The zero-order valence-corrected chi connectivity index (χ0v) is 25.0. The number of aliphatic hydroxyl groups is 1. The first-order valence-electron chi connectivity index (χ1n) is 13.5. The van der Waals surface area contributed by atoms with Gasteiger partial charge in [-0.05, 0) is 87.5 Å². The average Bonchev–Trinajstić information content (AvgIpc) is 3.22. The molecule has 40 heavy (non-hydrogen) atoms. The molecular weight excluding hydrogens is 518 g/mol. The molecule has 1 aromatic rings. The molecule has 1 unspecified atom stereocenters. The molecule has 3 rings (SSSR count). The van der Waals surface area contributed by atoms with Crippen molar-refractivity contribution in [1.29, 1.82) is 0 Å². The molecule has 212 valence electrons. The highest BCUT2D eigenvalue weighted by atomic mass is 32.2. The summed E-state index contributed by atoms with van der Waals surface area (Å²) in [6.45, 7) is 11.7. The molecule has 1 aromatic heterocycles. The van der Waals surface area contributed by atoms with Crippen molar-refractivity contribution in [3.8, 4) is 0 Å². The highest BCUT2D eigenvalue weighted by Gasteiger charge is 2.24. The van der Waals surface area contributed by atoms with Gasteiger partial charge in [0.25, 0.3) is 10.1 Å². The van der Waals surface area contributed by atoms with Gasteiger partial charge in [0.05, 0.1) is 22.9 Å². The predicted molar refractivity (Wildman–Crippen MR) is 167 cm³/mol. The molecule has 0 radical (unpaired) electrons. The third-order valence-corrected chi connectivity index (χ3v) is 7.29. The van der Waals surface area contributed by atoms with Gasteiger partial charge in [-0.1, -0.05) is 90.6 Å². The van der Waals surface area contributed by atoms with Crippen molar-refractivity contribution in [1.82, 2.24) is 4.98 Å². The lowest BCUT2D eigenvalue weighted by Gasteiger charge is -2.25. The Labute approximate surface area is 239 Å². The van der Waals surface area contributed by atoms with E-state index in [1.54, 1.807) is 19.9 Å². The number of rotatable bonds is 11. The topological polar surface area (TPSA) is 76.5 Å². The molecule has 0 amide bonds. The number of fused-ring (bicyclic) bond motifs is 1. The Morgan fingerprint density at radius 3 is 2.70 bits per heavy atom. The number of hydrogen-bond donors (Lipinski definition) is 1. The van der Waals surface area contributed by atoms with Crippen LogP contribution in [0.25, 0.3) is 18.2 Å². The van der Waals surface area contributed by atoms with Crippen LogP contribution in [0.2, 0.25) is 0 Å². The molecule has 0 bridgehead atoms. The Morgan fingerprint density at radius 1 is 1.20 bits per heavy atom. The summed E-state index contributed by atoms with van der Waals surface area (Å²) in [5.41, 5.74) is 4.66. The molecule has 1 heterocycles. The Morgan fingerprint density at radius 2 is 1.98 bits per heavy atom. The van der Waals surface area contributed by atoms with Crippen molar-refractivity contribution in [3.63, 3.8) is 0 Å². The van der Waals surface area contributed by atoms with E-state index >= 15 is 0 Å². The maximum atomic E-state index is 12.0. The van der Waals surface area contributed by atoms with Gasteiger partial charge in [0.2, 0.25) is 0 Å². The number of aromatic nitrogens is 1. The van der Waals surface area contributed by atoms with Gasteiger partial charge in [-0.15, -0.1) is 0 Å². The second kappa shape index (κ2) is 13.8. The van der Waals surface area contributed by atoms with Crippen LogP contribution in [-0.4, -0.2) is 36.5 Å². The maximum Gasteiger partial charge on any atom is 0.264 e. The molecule has 0 saturated carbocycles. The van der Waals surface area contributed by atoms with Crippen molar-refractivity contribution in [2.45, 2.75) is 65.1 Å².